The summed E-state index contributed by atoms with van der Waals surface area (Å²) in [7, 11) is 1.64. The number of nitrogens with zero attached hydrogens (tertiary/aromatic N) is 1. The molecule has 0 aliphatic heterocycles. The van der Waals surface area contributed by atoms with E-state index in [1.807, 2.05) is 86.6 Å². The van der Waals surface area contributed by atoms with Gasteiger partial charge in [0, 0.05) is 11.4 Å². The molecular weight excluding hydrogens is 388 g/mol. The summed E-state index contributed by atoms with van der Waals surface area (Å²) >= 11 is 0. The molecule has 0 aliphatic rings. The largest absolute Gasteiger partial charge is 0.497 e. The second-order valence-electron chi connectivity index (χ2n) is 7.54. The van der Waals surface area contributed by atoms with E-state index >= 15 is 0 Å². The summed E-state index contributed by atoms with van der Waals surface area (Å²) in [6, 6.07) is 23.2. The van der Waals surface area contributed by atoms with Gasteiger partial charge in [-0.25, -0.2) is 0 Å². The summed E-state index contributed by atoms with van der Waals surface area (Å²) in [4.78, 5) is 13.3. The number of nitrogens with one attached hydrogen (secondary N) is 1. The molecule has 0 spiro atoms. The van der Waals surface area contributed by atoms with Gasteiger partial charge in [-0.1, -0.05) is 42.5 Å². The molecule has 2 aromatic carbocycles. The highest BCUT2D eigenvalue weighted by molar-refractivity contribution is 5.96. The number of aromatic nitrogens is 1. The molecule has 1 atom stereocenters. The van der Waals surface area contributed by atoms with Crippen LogP contribution >= 0.6 is 0 Å². The number of hydrogen-bond donors (Lipinski definition) is 1. The van der Waals surface area contributed by atoms with Crippen molar-refractivity contribution in [1.82, 2.24) is 9.88 Å². The average Bonchev–Trinajstić information content (AvgIpc) is 3.42. The summed E-state index contributed by atoms with van der Waals surface area (Å²) in [5.74, 6) is 1.53. The van der Waals surface area contributed by atoms with Gasteiger partial charge in [0.1, 0.15) is 11.5 Å². The maximum absolute atomic E-state index is 13.3. The molecule has 2 heterocycles. The lowest BCUT2D eigenvalue weighted by molar-refractivity contribution is 0.0942. The number of hydrogen-bond acceptors (Lipinski definition) is 3. The quantitative estimate of drug-likeness (QED) is 0.448. The van der Waals surface area contributed by atoms with Crippen LogP contribution in [0.3, 0.4) is 0 Å². The van der Waals surface area contributed by atoms with Crippen molar-refractivity contribution >= 4 is 5.91 Å². The van der Waals surface area contributed by atoms with Crippen LogP contribution in [-0.2, 0) is 6.54 Å². The summed E-state index contributed by atoms with van der Waals surface area (Å²) in [6.07, 6.45) is 1.66. The van der Waals surface area contributed by atoms with Crippen molar-refractivity contribution in [2.75, 3.05) is 7.11 Å². The Morgan fingerprint density at radius 1 is 1.00 bits per heavy atom. The normalized spacial score (nSPS) is 11.8. The number of amides is 1. The first kappa shape index (κ1) is 20.5. The van der Waals surface area contributed by atoms with Crippen LogP contribution in [-0.4, -0.2) is 17.6 Å². The first-order valence-electron chi connectivity index (χ1n) is 10.3. The van der Waals surface area contributed by atoms with Crippen LogP contribution in [0.5, 0.6) is 5.75 Å². The van der Waals surface area contributed by atoms with Gasteiger partial charge in [-0.15, -0.1) is 0 Å². The molecule has 0 bridgehead atoms. The summed E-state index contributed by atoms with van der Waals surface area (Å²) < 4.78 is 12.9. The van der Waals surface area contributed by atoms with Crippen molar-refractivity contribution in [1.29, 1.82) is 0 Å². The van der Waals surface area contributed by atoms with Crippen molar-refractivity contribution in [3.8, 4) is 5.75 Å². The van der Waals surface area contributed by atoms with Gasteiger partial charge in [0.2, 0.25) is 0 Å². The lowest BCUT2D eigenvalue weighted by Crippen LogP contribution is -2.29. The van der Waals surface area contributed by atoms with Crippen molar-refractivity contribution in [3.05, 3.63) is 113 Å². The molecule has 0 saturated heterocycles. The Balaban J connectivity index is 1.63. The molecule has 0 fully saturated rings. The Bertz CT molecular complexity index is 1140. The Hall–Kier alpha value is -3.73. The smallest absolute Gasteiger partial charge is 0.253 e. The van der Waals surface area contributed by atoms with Crippen molar-refractivity contribution in [2.24, 2.45) is 0 Å². The molecule has 4 rings (SSSR count). The van der Waals surface area contributed by atoms with E-state index in [0.29, 0.717) is 12.1 Å². The third-order valence-electron chi connectivity index (χ3n) is 5.57. The lowest BCUT2D eigenvalue weighted by Gasteiger charge is -2.20. The molecule has 5 heteroatoms. The predicted molar refractivity (Wildman–Crippen MR) is 120 cm³/mol. The molecule has 1 N–H and O–H groups in total. The minimum Gasteiger partial charge on any atom is -0.497 e. The number of carbonyl (C=O) groups is 1. The lowest BCUT2D eigenvalue weighted by atomic mass is 9.98. The third-order valence-corrected chi connectivity index (χ3v) is 5.57. The zero-order chi connectivity index (χ0) is 21.8. The number of rotatable bonds is 7. The van der Waals surface area contributed by atoms with Crippen molar-refractivity contribution < 1.29 is 13.9 Å². The van der Waals surface area contributed by atoms with E-state index in [1.54, 1.807) is 13.4 Å². The zero-order valence-electron chi connectivity index (χ0n) is 18.0. The number of ether oxygens (including phenoxy) is 1. The topological polar surface area (TPSA) is 56.4 Å². The molecule has 0 radical (unpaired) electrons. The second-order valence-corrected chi connectivity index (χ2v) is 7.54. The molecule has 31 heavy (non-hydrogen) atoms. The Morgan fingerprint density at radius 2 is 1.71 bits per heavy atom. The zero-order valence-corrected chi connectivity index (χ0v) is 18.0. The van der Waals surface area contributed by atoms with Crippen LogP contribution in [0.1, 0.15) is 44.7 Å². The highest BCUT2D eigenvalue weighted by Gasteiger charge is 2.21. The van der Waals surface area contributed by atoms with E-state index in [2.05, 4.69) is 9.88 Å². The minimum absolute atomic E-state index is 0.108. The van der Waals surface area contributed by atoms with Crippen LogP contribution in [0.4, 0.5) is 0 Å². The summed E-state index contributed by atoms with van der Waals surface area (Å²) in [5, 5.41) is 3.23. The van der Waals surface area contributed by atoms with Gasteiger partial charge < -0.3 is 19.0 Å². The van der Waals surface area contributed by atoms with Crippen molar-refractivity contribution in [3.63, 3.8) is 0 Å². The minimum atomic E-state index is -0.271. The van der Waals surface area contributed by atoms with E-state index in [9.17, 15) is 4.79 Å². The third kappa shape index (κ3) is 4.40. The molecule has 0 aliphatic carbocycles. The van der Waals surface area contributed by atoms with Crippen molar-refractivity contribution in [2.45, 2.75) is 26.4 Å². The van der Waals surface area contributed by atoms with Crippen LogP contribution in [0, 0.1) is 13.8 Å². The number of methoxy groups -OCH3 is 1. The molecule has 0 saturated carbocycles. The number of furan rings is 1. The van der Waals surface area contributed by atoms with E-state index in [0.717, 1.165) is 34.0 Å². The van der Waals surface area contributed by atoms with Gasteiger partial charge >= 0.3 is 0 Å². The summed E-state index contributed by atoms with van der Waals surface area (Å²) in [5.41, 5.74) is 4.60. The molecule has 158 valence electrons. The molecule has 1 amide bonds. The van der Waals surface area contributed by atoms with Crippen LogP contribution in [0.15, 0.2) is 83.5 Å². The number of aryl methyl sites for hydroxylation is 1. The Morgan fingerprint density at radius 3 is 2.35 bits per heavy atom. The fraction of sp³-hybridized carbons (Fsp3) is 0.192. The molecular formula is C26H26N2O3. The van der Waals surface area contributed by atoms with Crippen LogP contribution < -0.4 is 10.1 Å². The van der Waals surface area contributed by atoms with E-state index in [-0.39, 0.29) is 11.9 Å². The summed E-state index contributed by atoms with van der Waals surface area (Å²) in [6.45, 7) is 4.57. The first-order chi connectivity index (χ1) is 15.1. The van der Waals surface area contributed by atoms with Crippen LogP contribution in [0.25, 0.3) is 0 Å². The highest BCUT2D eigenvalue weighted by Crippen LogP contribution is 2.26. The number of benzene rings is 2. The second kappa shape index (κ2) is 8.96. The van der Waals surface area contributed by atoms with E-state index in [1.165, 1.54) is 0 Å². The molecule has 1 unspecified atom stereocenters. The monoisotopic (exact) mass is 414 g/mol. The Labute approximate surface area is 182 Å². The Kier molecular flexibility index (Phi) is 5.94. The van der Waals surface area contributed by atoms with Gasteiger partial charge in [0.05, 0.1) is 31.5 Å². The molecule has 5 nitrogen and oxygen atoms in total. The fourth-order valence-corrected chi connectivity index (χ4v) is 3.84. The van der Waals surface area contributed by atoms with Gasteiger partial charge in [0.15, 0.2) is 0 Å². The van der Waals surface area contributed by atoms with Gasteiger partial charge in [0.25, 0.3) is 5.91 Å². The van der Waals surface area contributed by atoms with Gasteiger partial charge in [-0.2, -0.15) is 0 Å². The van der Waals surface area contributed by atoms with Gasteiger partial charge in [-0.3, -0.25) is 4.79 Å². The maximum atomic E-state index is 13.3. The van der Waals surface area contributed by atoms with Crippen LogP contribution in [0.2, 0.25) is 0 Å². The SMILES string of the molecule is COc1ccc(C(NC(=O)c2cc(C)n(Cc3ccco3)c2C)c2ccccc2)cc1. The first-order valence-corrected chi connectivity index (χ1v) is 10.3. The highest BCUT2D eigenvalue weighted by atomic mass is 16.5. The molecule has 4 aromatic rings. The van der Waals surface area contributed by atoms with Gasteiger partial charge in [-0.05, 0) is 55.3 Å². The molecule has 2 aromatic heterocycles. The predicted octanol–water partition coefficient (Wildman–Crippen LogP) is 5.27. The fourth-order valence-electron chi connectivity index (χ4n) is 3.84. The average molecular weight is 415 g/mol. The number of carbonyl (C=O) groups excluding carboxylic acids is 1. The maximum Gasteiger partial charge on any atom is 0.253 e. The van der Waals surface area contributed by atoms with E-state index in [4.69, 9.17) is 9.15 Å². The standard InChI is InChI=1S/C26H26N2O3/c1-18-16-24(19(2)28(18)17-23-10-7-15-31-23)26(29)27-25(20-8-5-4-6-9-20)21-11-13-22(30-3)14-12-21/h4-16,25H,17H2,1-3H3,(H,27,29). The van der Waals surface area contributed by atoms with E-state index < -0.39 is 0 Å².